The lowest BCUT2D eigenvalue weighted by Crippen LogP contribution is -2.25. The molecule has 0 aliphatic heterocycles. The zero-order valence-corrected chi connectivity index (χ0v) is 17.7. The highest BCUT2D eigenvalue weighted by Gasteiger charge is 2.08. The van der Waals surface area contributed by atoms with E-state index < -0.39 is 0 Å². The molecule has 3 aromatic rings. The Bertz CT molecular complexity index is 1020. The zero-order chi connectivity index (χ0) is 20.1. The average molecular weight is 443 g/mol. The number of aryl methyl sites for hydroxylation is 1. The molecule has 1 N–H and O–H groups in total. The van der Waals surface area contributed by atoms with Gasteiger partial charge in [0.15, 0.2) is 0 Å². The van der Waals surface area contributed by atoms with Gasteiger partial charge < -0.3 is 19.4 Å². The van der Waals surface area contributed by atoms with Crippen molar-refractivity contribution in [1.82, 2.24) is 9.88 Å². The minimum atomic E-state index is -0.150. The Morgan fingerprint density at radius 3 is 2.64 bits per heavy atom. The van der Waals surface area contributed by atoms with Crippen molar-refractivity contribution in [2.24, 2.45) is 0 Å². The number of benzene rings is 2. The monoisotopic (exact) mass is 442 g/mol. The lowest BCUT2D eigenvalue weighted by Gasteiger charge is -2.10. The first-order valence-electron chi connectivity index (χ1n) is 8.95. The largest absolute Gasteiger partial charge is 0.496 e. The highest BCUT2D eigenvalue weighted by molar-refractivity contribution is 9.10. The number of aromatic nitrogens is 1. The molecule has 0 atom stereocenters. The first-order chi connectivity index (χ1) is 13.5. The molecule has 0 spiro atoms. The minimum absolute atomic E-state index is 0.150. The van der Waals surface area contributed by atoms with Gasteiger partial charge in [0.05, 0.1) is 18.7 Å². The van der Waals surface area contributed by atoms with Crippen LogP contribution in [0, 0.1) is 6.92 Å². The van der Waals surface area contributed by atoms with Crippen molar-refractivity contribution in [1.29, 1.82) is 0 Å². The molecule has 0 aliphatic carbocycles. The molecule has 28 heavy (non-hydrogen) atoms. The molecule has 0 fully saturated rings. The van der Waals surface area contributed by atoms with E-state index in [0.717, 1.165) is 16.6 Å². The summed E-state index contributed by atoms with van der Waals surface area (Å²) in [7, 11) is 3.18. The second-order valence-electron chi connectivity index (χ2n) is 6.35. The number of ether oxygens (including phenoxy) is 2. The van der Waals surface area contributed by atoms with E-state index in [1.165, 1.54) is 22.7 Å². The summed E-state index contributed by atoms with van der Waals surface area (Å²) < 4.78 is 13.6. The summed E-state index contributed by atoms with van der Waals surface area (Å²) in [5, 5.41) is 4.15. The maximum Gasteiger partial charge on any atom is 0.244 e. The topological polar surface area (TPSA) is 52.5 Å². The Balaban J connectivity index is 1.63. The van der Waals surface area contributed by atoms with Gasteiger partial charge >= 0.3 is 0 Å². The van der Waals surface area contributed by atoms with Crippen molar-refractivity contribution in [3.05, 3.63) is 64.3 Å². The molecule has 0 saturated carbocycles. The number of amides is 1. The van der Waals surface area contributed by atoms with Gasteiger partial charge in [0.25, 0.3) is 0 Å². The number of para-hydroxylation sites is 1. The van der Waals surface area contributed by atoms with E-state index in [0.29, 0.717) is 18.0 Å². The van der Waals surface area contributed by atoms with E-state index in [9.17, 15) is 4.79 Å². The molecule has 146 valence electrons. The fourth-order valence-corrected chi connectivity index (χ4v) is 3.70. The number of hydrogen-bond acceptors (Lipinski definition) is 3. The molecule has 5 nitrogen and oxygen atoms in total. The number of methoxy groups -OCH3 is 2. The molecule has 0 radical (unpaired) electrons. The van der Waals surface area contributed by atoms with Crippen LogP contribution in [0.4, 0.5) is 0 Å². The predicted octanol–water partition coefficient (Wildman–Crippen LogP) is 4.56. The first kappa shape index (κ1) is 20.0. The van der Waals surface area contributed by atoms with E-state index in [1.54, 1.807) is 26.4 Å². The van der Waals surface area contributed by atoms with Crippen molar-refractivity contribution >= 4 is 38.8 Å². The quantitative estimate of drug-likeness (QED) is 0.545. The van der Waals surface area contributed by atoms with Crippen LogP contribution < -0.4 is 14.8 Å². The second kappa shape index (κ2) is 8.97. The van der Waals surface area contributed by atoms with Crippen LogP contribution in [0.5, 0.6) is 11.5 Å². The van der Waals surface area contributed by atoms with Crippen molar-refractivity contribution in [2.45, 2.75) is 13.5 Å². The molecule has 1 aromatic heterocycles. The molecule has 0 bridgehead atoms. The molecule has 0 unspecified atom stereocenters. The van der Waals surface area contributed by atoms with E-state index in [-0.39, 0.29) is 5.91 Å². The number of hydrogen-bond donors (Lipinski definition) is 1. The fraction of sp³-hybridized carbons (Fsp3) is 0.227. The van der Waals surface area contributed by atoms with Crippen LogP contribution in [-0.2, 0) is 11.3 Å². The zero-order valence-electron chi connectivity index (χ0n) is 16.2. The molecule has 0 aliphatic rings. The molecular formula is C22H23BrN2O3. The summed E-state index contributed by atoms with van der Waals surface area (Å²) >= 11 is 3.45. The summed E-state index contributed by atoms with van der Waals surface area (Å²) in [6.45, 7) is 3.35. The molecule has 6 heteroatoms. The summed E-state index contributed by atoms with van der Waals surface area (Å²) in [5.74, 6) is 1.16. The van der Waals surface area contributed by atoms with Gasteiger partial charge in [0, 0.05) is 42.0 Å². The summed E-state index contributed by atoms with van der Waals surface area (Å²) in [5.41, 5.74) is 3.15. The third-order valence-electron chi connectivity index (χ3n) is 4.57. The van der Waals surface area contributed by atoms with Crippen LogP contribution in [0.25, 0.3) is 17.0 Å². The third kappa shape index (κ3) is 4.39. The van der Waals surface area contributed by atoms with Crippen molar-refractivity contribution in [3.8, 4) is 11.5 Å². The highest BCUT2D eigenvalue weighted by atomic mass is 79.9. The lowest BCUT2D eigenvalue weighted by molar-refractivity contribution is -0.116. The van der Waals surface area contributed by atoms with Crippen LogP contribution in [0.3, 0.4) is 0 Å². The van der Waals surface area contributed by atoms with E-state index >= 15 is 0 Å². The normalized spacial score (nSPS) is 11.1. The van der Waals surface area contributed by atoms with Gasteiger partial charge in [0.2, 0.25) is 5.91 Å². The van der Waals surface area contributed by atoms with Crippen LogP contribution in [-0.4, -0.2) is 31.2 Å². The predicted molar refractivity (Wildman–Crippen MR) is 116 cm³/mol. The fourth-order valence-electron chi connectivity index (χ4n) is 3.17. The highest BCUT2D eigenvalue weighted by Crippen LogP contribution is 2.33. The van der Waals surface area contributed by atoms with Gasteiger partial charge in [-0.1, -0.05) is 18.2 Å². The maximum atomic E-state index is 12.2. The molecule has 1 amide bonds. The summed E-state index contributed by atoms with van der Waals surface area (Å²) in [4.78, 5) is 12.2. The number of carbonyl (C=O) groups is 1. The van der Waals surface area contributed by atoms with E-state index in [4.69, 9.17) is 9.47 Å². The number of nitrogens with one attached hydrogen (secondary N) is 1. The van der Waals surface area contributed by atoms with Crippen LogP contribution in [0.2, 0.25) is 0 Å². The molecule has 3 rings (SSSR count). The SMILES string of the molecule is COc1cc(OC)c(/C=C/C(=O)NCCn2c(C)cc3ccccc32)cc1Br. The molecule has 1 heterocycles. The Morgan fingerprint density at radius 2 is 1.89 bits per heavy atom. The van der Waals surface area contributed by atoms with Crippen molar-refractivity contribution in [2.75, 3.05) is 20.8 Å². The third-order valence-corrected chi connectivity index (χ3v) is 5.19. The second-order valence-corrected chi connectivity index (χ2v) is 7.20. The number of nitrogens with zero attached hydrogens (tertiary/aromatic N) is 1. The Labute approximate surface area is 173 Å². The molecule has 0 saturated heterocycles. The smallest absolute Gasteiger partial charge is 0.244 e. The standard InChI is InChI=1S/C22H23BrN2O3/c1-15-12-16-6-4-5-7-19(16)25(15)11-10-24-22(26)9-8-17-13-18(23)21(28-3)14-20(17)27-2/h4-9,12-14H,10-11H2,1-3H3,(H,24,26)/b9-8+. The number of carbonyl (C=O) groups excluding carboxylic acids is 1. The Hall–Kier alpha value is -2.73. The molecular weight excluding hydrogens is 420 g/mol. The lowest BCUT2D eigenvalue weighted by atomic mass is 10.1. The first-order valence-corrected chi connectivity index (χ1v) is 9.75. The van der Waals surface area contributed by atoms with Crippen molar-refractivity contribution < 1.29 is 14.3 Å². The van der Waals surface area contributed by atoms with Gasteiger partial charge in [-0.15, -0.1) is 0 Å². The number of rotatable bonds is 7. The summed E-state index contributed by atoms with van der Waals surface area (Å²) in [6.07, 6.45) is 3.24. The Kier molecular flexibility index (Phi) is 6.41. The van der Waals surface area contributed by atoms with Crippen LogP contribution in [0.1, 0.15) is 11.3 Å². The van der Waals surface area contributed by atoms with Crippen molar-refractivity contribution in [3.63, 3.8) is 0 Å². The summed E-state index contributed by atoms with van der Waals surface area (Å²) in [6, 6.07) is 14.0. The average Bonchev–Trinajstić information content (AvgIpc) is 3.01. The maximum absolute atomic E-state index is 12.2. The van der Waals surface area contributed by atoms with Crippen LogP contribution >= 0.6 is 15.9 Å². The van der Waals surface area contributed by atoms with Gasteiger partial charge in [-0.2, -0.15) is 0 Å². The van der Waals surface area contributed by atoms with Gasteiger partial charge in [-0.25, -0.2) is 0 Å². The van der Waals surface area contributed by atoms with E-state index in [2.05, 4.69) is 50.9 Å². The van der Waals surface area contributed by atoms with Gasteiger partial charge in [0.1, 0.15) is 11.5 Å². The minimum Gasteiger partial charge on any atom is -0.496 e. The number of fused-ring (bicyclic) bond motifs is 1. The number of halogens is 1. The van der Waals surface area contributed by atoms with Gasteiger partial charge in [-0.05, 0) is 52.5 Å². The van der Waals surface area contributed by atoms with E-state index in [1.807, 2.05) is 18.2 Å². The molecule has 2 aromatic carbocycles. The van der Waals surface area contributed by atoms with Crippen LogP contribution in [0.15, 0.2) is 53.0 Å². The Morgan fingerprint density at radius 1 is 1.14 bits per heavy atom. The van der Waals surface area contributed by atoms with Gasteiger partial charge in [-0.3, -0.25) is 4.79 Å².